The van der Waals surface area contributed by atoms with Crippen molar-refractivity contribution in [3.63, 3.8) is 0 Å². The zero-order valence-electron chi connectivity index (χ0n) is 21.9. The van der Waals surface area contributed by atoms with Crippen LogP contribution in [0.15, 0.2) is 0 Å². The van der Waals surface area contributed by atoms with Crippen molar-refractivity contribution in [3.05, 3.63) is 0 Å². The van der Waals surface area contributed by atoms with Crippen molar-refractivity contribution in [1.82, 2.24) is 10.2 Å². The van der Waals surface area contributed by atoms with Crippen LogP contribution in [0.25, 0.3) is 0 Å². The normalized spacial score (nSPS) is 24.6. The maximum absolute atomic E-state index is 12.2. The molecular weight excluding hydrogens is 424 g/mol. The van der Waals surface area contributed by atoms with Crippen molar-refractivity contribution in [2.24, 2.45) is 10.8 Å². The fraction of sp³-hybridized carbons (Fsp3) is 0.880. The van der Waals surface area contributed by atoms with E-state index in [4.69, 9.17) is 14.2 Å². The number of hydrogen-bond acceptors (Lipinski definition) is 7. The zero-order chi connectivity index (χ0) is 25.1. The molecule has 192 valence electrons. The monoisotopic (exact) mass is 470 g/mol. The van der Waals surface area contributed by atoms with Crippen LogP contribution in [-0.4, -0.2) is 67.9 Å². The molecule has 2 saturated heterocycles. The fourth-order valence-electron chi connectivity index (χ4n) is 4.59. The summed E-state index contributed by atoms with van der Waals surface area (Å²) < 4.78 is 15.7. The Hall–Kier alpha value is -1.83. The number of carbonyl (C=O) groups excluding carboxylic acids is 3. The van der Waals surface area contributed by atoms with E-state index in [0.29, 0.717) is 32.7 Å². The van der Waals surface area contributed by atoms with Gasteiger partial charge >= 0.3 is 18.0 Å². The van der Waals surface area contributed by atoms with Gasteiger partial charge in [0.2, 0.25) is 0 Å². The van der Waals surface area contributed by atoms with Crippen LogP contribution in [0.1, 0.15) is 87.0 Å². The Morgan fingerprint density at radius 3 is 1.88 bits per heavy atom. The first-order valence-corrected chi connectivity index (χ1v) is 12.5. The second-order valence-corrected chi connectivity index (χ2v) is 10.1. The molecule has 2 fully saturated rings. The van der Waals surface area contributed by atoms with E-state index >= 15 is 0 Å². The van der Waals surface area contributed by atoms with Crippen molar-refractivity contribution in [2.45, 2.75) is 92.6 Å². The summed E-state index contributed by atoms with van der Waals surface area (Å²) in [4.78, 5) is 37.6. The molecule has 0 aromatic carbocycles. The minimum Gasteiger partial charge on any atom is -0.466 e. The van der Waals surface area contributed by atoms with Crippen molar-refractivity contribution in [1.29, 1.82) is 0 Å². The van der Waals surface area contributed by atoms with Crippen LogP contribution in [0.5, 0.6) is 0 Å². The van der Waals surface area contributed by atoms with Crippen LogP contribution in [0, 0.1) is 10.8 Å². The third-order valence-corrected chi connectivity index (χ3v) is 6.12. The van der Waals surface area contributed by atoms with E-state index in [-0.39, 0.29) is 23.4 Å². The average Bonchev–Trinajstić information content (AvgIpc) is 3.37. The van der Waals surface area contributed by atoms with E-state index < -0.39 is 11.0 Å². The first-order chi connectivity index (χ1) is 15.5. The Balaban J connectivity index is 0.000000361. The molecule has 2 heterocycles. The summed E-state index contributed by atoms with van der Waals surface area (Å²) in [7, 11) is 0. The molecule has 2 aliphatic rings. The van der Waals surface area contributed by atoms with Gasteiger partial charge in [0.25, 0.3) is 0 Å². The van der Waals surface area contributed by atoms with E-state index in [0.717, 1.165) is 45.2 Å². The zero-order valence-corrected chi connectivity index (χ0v) is 21.9. The topological polar surface area (TPSA) is 94.2 Å². The third kappa shape index (κ3) is 8.47. The summed E-state index contributed by atoms with van der Waals surface area (Å²) in [5.74, 6) is -0.199. The van der Waals surface area contributed by atoms with Crippen molar-refractivity contribution >= 4 is 18.0 Å². The molecule has 8 nitrogen and oxygen atoms in total. The van der Waals surface area contributed by atoms with Gasteiger partial charge in [0.15, 0.2) is 0 Å². The molecule has 0 saturated carbocycles. The number of carbonyl (C=O) groups is 3. The van der Waals surface area contributed by atoms with Gasteiger partial charge < -0.3 is 24.4 Å². The van der Waals surface area contributed by atoms with Crippen molar-refractivity contribution in [3.8, 4) is 0 Å². The molecule has 0 aromatic rings. The van der Waals surface area contributed by atoms with Crippen LogP contribution in [-0.2, 0) is 23.8 Å². The molecule has 33 heavy (non-hydrogen) atoms. The summed E-state index contributed by atoms with van der Waals surface area (Å²) in [6.07, 6.45) is 4.85. The minimum atomic E-state index is -0.554. The van der Waals surface area contributed by atoms with E-state index in [1.807, 2.05) is 34.6 Å². The maximum Gasteiger partial charge on any atom is 0.410 e. The second-order valence-electron chi connectivity index (χ2n) is 10.1. The molecule has 2 unspecified atom stereocenters. The van der Waals surface area contributed by atoms with Gasteiger partial charge in [-0.1, -0.05) is 26.7 Å². The molecule has 0 spiro atoms. The van der Waals surface area contributed by atoms with Gasteiger partial charge in [0, 0.05) is 19.6 Å². The number of hydrogen-bond donors (Lipinski definition) is 1. The highest BCUT2D eigenvalue weighted by molar-refractivity contribution is 5.79. The van der Waals surface area contributed by atoms with Gasteiger partial charge in [-0.15, -0.1) is 0 Å². The lowest BCUT2D eigenvalue weighted by atomic mass is 9.82. The van der Waals surface area contributed by atoms with E-state index in [2.05, 4.69) is 12.2 Å². The summed E-state index contributed by atoms with van der Waals surface area (Å²) >= 11 is 0. The lowest BCUT2D eigenvalue weighted by Gasteiger charge is -2.28. The number of esters is 2. The highest BCUT2D eigenvalue weighted by atomic mass is 16.6. The highest BCUT2D eigenvalue weighted by Gasteiger charge is 2.47. The SMILES string of the molecule is CCCC1(C(=O)OCC)CCN(C(=O)OC(C)(C)C)C1.CCCC1(C(=O)OCC)CCNC1. The number of ether oxygens (including phenoxy) is 3. The molecule has 2 atom stereocenters. The molecule has 2 aliphatic heterocycles. The quantitative estimate of drug-likeness (QED) is 0.417. The maximum atomic E-state index is 12.2. The fourth-order valence-corrected chi connectivity index (χ4v) is 4.59. The number of rotatable bonds is 8. The number of nitrogens with zero attached hydrogens (tertiary/aromatic N) is 1. The molecular formula is C25H46N2O6. The van der Waals surface area contributed by atoms with Gasteiger partial charge in [-0.3, -0.25) is 9.59 Å². The lowest BCUT2D eigenvalue weighted by Crippen LogP contribution is -2.40. The predicted octanol–water partition coefficient (Wildman–Crippen LogP) is 4.31. The van der Waals surface area contributed by atoms with Crippen molar-refractivity contribution < 1.29 is 28.6 Å². The van der Waals surface area contributed by atoms with Gasteiger partial charge in [-0.25, -0.2) is 4.79 Å². The van der Waals surface area contributed by atoms with E-state index in [1.165, 1.54) is 0 Å². The van der Waals surface area contributed by atoms with Crippen LogP contribution < -0.4 is 5.32 Å². The molecule has 0 aromatic heterocycles. The highest BCUT2D eigenvalue weighted by Crippen LogP contribution is 2.37. The second kappa shape index (κ2) is 13.2. The van der Waals surface area contributed by atoms with Crippen LogP contribution in [0.3, 0.4) is 0 Å². The number of nitrogens with one attached hydrogen (secondary N) is 1. The third-order valence-electron chi connectivity index (χ3n) is 6.12. The van der Waals surface area contributed by atoms with Crippen LogP contribution in [0.2, 0.25) is 0 Å². The molecule has 0 aliphatic carbocycles. The Bertz CT molecular complexity index is 639. The summed E-state index contributed by atoms with van der Waals surface area (Å²) in [5, 5.41) is 3.24. The van der Waals surface area contributed by atoms with Crippen LogP contribution in [0.4, 0.5) is 4.79 Å². The van der Waals surface area contributed by atoms with Gasteiger partial charge in [-0.05, 0) is 66.8 Å². The lowest BCUT2D eigenvalue weighted by molar-refractivity contribution is -0.155. The largest absolute Gasteiger partial charge is 0.466 e. The molecule has 1 amide bonds. The standard InChI is InChI=1S/C15H27NO4.C10H19NO2/c1-6-8-15(12(17)19-7-2)9-10-16(11-15)13(18)20-14(3,4)5;1-3-5-10(6-7-11-8-10)9(12)13-4-2/h6-11H2,1-5H3;11H,3-8H2,1-2H3. The van der Waals surface area contributed by atoms with E-state index in [1.54, 1.807) is 11.8 Å². The summed E-state index contributed by atoms with van der Waals surface area (Å²) in [6.45, 7) is 16.9. The molecule has 0 radical (unpaired) electrons. The number of likely N-dealkylation sites (tertiary alicyclic amines) is 1. The average molecular weight is 471 g/mol. The Morgan fingerprint density at radius 2 is 1.42 bits per heavy atom. The first-order valence-electron chi connectivity index (χ1n) is 12.5. The Morgan fingerprint density at radius 1 is 0.879 bits per heavy atom. The number of amides is 1. The Labute approximate surface area is 200 Å². The summed E-state index contributed by atoms with van der Waals surface area (Å²) in [6, 6.07) is 0. The van der Waals surface area contributed by atoms with Gasteiger partial charge in [0.05, 0.1) is 24.0 Å². The van der Waals surface area contributed by atoms with E-state index in [9.17, 15) is 14.4 Å². The summed E-state index contributed by atoms with van der Waals surface area (Å²) in [5.41, 5.74) is -1.29. The van der Waals surface area contributed by atoms with Crippen LogP contribution >= 0.6 is 0 Å². The minimum absolute atomic E-state index is 0.0122. The Kier molecular flexibility index (Phi) is 11.6. The first kappa shape index (κ1) is 29.2. The smallest absolute Gasteiger partial charge is 0.410 e. The van der Waals surface area contributed by atoms with Gasteiger partial charge in [0.1, 0.15) is 5.60 Å². The van der Waals surface area contributed by atoms with Gasteiger partial charge in [-0.2, -0.15) is 0 Å². The predicted molar refractivity (Wildman–Crippen MR) is 128 cm³/mol. The molecule has 8 heteroatoms. The van der Waals surface area contributed by atoms with Crippen molar-refractivity contribution in [2.75, 3.05) is 39.4 Å². The molecule has 1 N–H and O–H groups in total. The molecule has 2 rings (SSSR count). The molecule has 0 bridgehead atoms.